The second-order valence-electron chi connectivity index (χ2n) is 2.81. The van der Waals surface area contributed by atoms with Crippen LogP contribution >= 0.6 is 15.9 Å². The average molecular weight is 233 g/mol. The molecule has 0 aliphatic carbocycles. The number of hydrogen-bond donors (Lipinski definition) is 2. The maximum atomic E-state index is 10.8. The summed E-state index contributed by atoms with van der Waals surface area (Å²) in [6.07, 6.45) is 1.59. The lowest BCUT2D eigenvalue weighted by atomic mass is 10.3. The van der Waals surface area contributed by atoms with Gasteiger partial charge >= 0.3 is 0 Å². The minimum Gasteiger partial charge on any atom is -0.365 e. The van der Waals surface area contributed by atoms with E-state index < -0.39 is 5.91 Å². The Labute approximate surface area is 78.9 Å². The molecule has 0 radical (unpaired) electrons. The van der Waals surface area contributed by atoms with Crippen LogP contribution in [0.5, 0.6) is 0 Å². The lowest BCUT2D eigenvalue weighted by Gasteiger charge is -1.94. The zero-order valence-corrected chi connectivity index (χ0v) is 8.55. The number of halogens is 1. The molecule has 0 aliphatic rings. The van der Waals surface area contributed by atoms with E-state index in [-0.39, 0.29) is 6.04 Å². The Morgan fingerprint density at radius 2 is 2.33 bits per heavy atom. The quantitative estimate of drug-likeness (QED) is 0.727. The van der Waals surface area contributed by atoms with Crippen molar-refractivity contribution in [1.82, 2.24) is 5.10 Å². The van der Waals surface area contributed by atoms with Crippen LogP contribution in [0.2, 0.25) is 0 Å². The SMILES string of the molecule is CC(C)[n+]1[nH]cc(C(N)=O)c1Br. The van der Waals surface area contributed by atoms with Crippen LogP contribution in [0.4, 0.5) is 0 Å². The van der Waals surface area contributed by atoms with E-state index in [0.717, 1.165) is 0 Å². The number of H-pyrrole nitrogens is 1. The monoisotopic (exact) mass is 232 g/mol. The van der Waals surface area contributed by atoms with Crippen molar-refractivity contribution in [2.24, 2.45) is 5.73 Å². The molecule has 0 saturated heterocycles. The Kier molecular flexibility index (Phi) is 2.52. The number of carbonyl (C=O) groups is 1. The molecule has 0 saturated carbocycles. The lowest BCUT2D eigenvalue weighted by molar-refractivity contribution is -0.777. The fraction of sp³-hybridized carbons (Fsp3) is 0.429. The summed E-state index contributed by atoms with van der Waals surface area (Å²) in [6, 6.07) is 0.271. The molecule has 12 heavy (non-hydrogen) atoms. The van der Waals surface area contributed by atoms with E-state index >= 15 is 0 Å². The van der Waals surface area contributed by atoms with Gasteiger partial charge in [0.1, 0.15) is 5.56 Å². The molecule has 4 nitrogen and oxygen atoms in total. The van der Waals surface area contributed by atoms with Crippen LogP contribution in [0.3, 0.4) is 0 Å². The van der Waals surface area contributed by atoms with Crippen molar-refractivity contribution in [1.29, 1.82) is 0 Å². The minimum absolute atomic E-state index is 0.271. The predicted molar refractivity (Wildman–Crippen MR) is 47.6 cm³/mol. The summed E-state index contributed by atoms with van der Waals surface area (Å²) in [7, 11) is 0. The molecule has 0 spiro atoms. The Balaban J connectivity index is 3.13. The molecule has 0 fully saturated rings. The van der Waals surface area contributed by atoms with Crippen molar-refractivity contribution in [3.05, 3.63) is 16.4 Å². The third-order valence-corrected chi connectivity index (χ3v) is 2.37. The summed E-state index contributed by atoms with van der Waals surface area (Å²) in [5, 5.41) is 2.92. The molecule has 1 amide bonds. The lowest BCUT2D eigenvalue weighted by Crippen LogP contribution is -2.39. The minimum atomic E-state index is -0.433. The standard InChI is InChI=1S/C7H10BrN3O/c1-4(2)11-6(8)5(3-10-11)7(9)12/h3-4H,1-2H3,(H2,9,12)/p+1. The Bertz CT molecular complexity index is 306. The maximum Gasteiger partial charge on any atom is 0.286 e. The van der Waals surface area contributed by atoms with Gasteiger partial charge in [0, 0.05) is 15.9 Å². The number of nitrogens with one attached hydrogen (secondary N) is 1. The second-order valence-corrected chi connectivity index (χ2v) is 3.56. The molecule has 1 heterocycles. The number of amides is 1. The van der Waals surface area contributed by atoms with Crippen molar-refractivity contribution in [3.63, 3.8) is 0 Å². The van der Waals surface area contributed by atoms with Crippen LogP contribution in [0.25, 0.3) is 0 Å². The van der Waals surface area contributed by atoms with Crippen LogP contribution in [-0.2, 0) is 0 Å². The Hall–Kier alpha value is -0.840. The molecule has 3 N–H and O–H groups in total. The van der Waals surface area contributed by atoms with E-state index in [2.05, 4.69) is 21.0 Å². The molecule has 1 aromatic rings. The van der Waals surface area contributed by atoms with Crippen molar-refractivity contribution in [3.8, 4) is 0 Å². The largest absolute Gasteiger partial charge is 0.365 e. The van der Waals surface area contributed by atoms with E-state index in [1.807, 2.05) is 18.5 Å². The highest BCUT2D eigenvalue weighted by molar-refractivity contribution is 9.10. The third kappa shape index (κ3) is 1.50. The van der Waals surface area contributed by atoms with Gasteiger partial charge in [-0.1, -0.05) is 0 Å². The first-order valence-electron chi connectivity index (χ1n) is 3.62. The molecule has 0 aromatic carbocycles. The third-order valence-electron chi connectivity index (χ3n) is 1.56. The van der Waals surface area contributed by atoms with Crippen molar-refractivity contribution in [2.75, 3.05) is 0 Å². The zero-order chi connectivity index (χ0) is 9.30. The van der Waals surface area contributed by atoms with Gasteiger partial charge in [-0.15, -0.1) is 4.68 Å². The topological polar surface area (TPSA) is 62.8 Å². The highest BCUT2D eigenvalue weighted by Gasteiger charge is 2.22. The average Bonchev–Trinajstić information content (AvgIpc) is 2.30. The van der Waals surface area contributed by atoms with Crippen molar-refractivity contribution < 1.29 is 9.48 Å². The first-order chi connectivity index (χ1) is 5.54. The number of primary amides is 1. The van der Waals surface area contributed by atoms with E-state index in [9.17, 15) is 4.79 Å². The summed E-state index contributed by atoms with van der Waals surface area (Å²) in [5.41, 5.74) is 5.60. The highest BCUT2D eigenvalue weighted by atomic mass is 79.9. The molecular weight excluding hydrogens is 222 g/mol. The zero-order valence-electron chi connectivity index (χ0n) is 6.97. The molecule has 0 bridgehead atoms. The van der Waals surface area contributed by atoms with Crippen LogP contribution < -0.4 is 10.4 Å². The van der Waals surface area contributed by atoms with Gasteiger partial charge in [-0.3, -0.25) is 4.79 Å². The first-order valence-corrected chi connectivity index (χ1v) is 4.41. The second kappa shape index (κ2) is 3.26. The molecule has 5 heteroatoms. The molecule has 0 atom stereocenters. The van der Waals surface area contributed by atoms with E-state index in [1.54, 1.807) is 6.20 Å². The highest BCUT2D eigenvalue weighted by Crippen LogP contribution is 2.11. The summed E-state index contributed by atoms with van der Waals surface area (Å²) in [4.78, 5) is 10.8. The summed E-state index contributed by atoms with van der Waals surface area (Å²) >= 11 is 3.28. The molecule has 66 valence electrons. The fourth-order valence-corrected chi connectivity index (χ4v) is 1.75. The van der Waals surface area contributed by atoms with Crippen molar-refractivity contribution >= 4 is 21.8 Å². The number of nitrogens with two attached hydrogens (primary N) is 1. The van der Waals surface area contributed by atoms with Gasteiger partial charge in [0.15, 0.2) is 6.04 Å². The van der Waals surface area contributed by atoms with Crippen LogP contribution in [0.1, 0.15) is 30.2 Å². The number of nitrogens with zero attached hydrogens (tertiary/aromatic N) is 1. The first kappa shape index (κ1) is 9.25. The number of aromatic amines is 1. The molecule has 1 rings (SSSR count). The Morgan fingerprint density at radius 3 is 2.58 bits per heavy atom. The summed E-state index contributed by atoms with van der Waals surface area (Å²) in [5.74, 6) is -0.433. The summed E-state index contributed by atoms with van der Waals surface area (Å²) in [6.45, 7) is 4.01. The maximum absolute atomic E-state index is 10.8. The molecule has 1 aromatic heterocycles. The van der Waals surface area contributed by atoms with Gasteiger partial charge < -0.3 is 5.73 Å². The molecular formula is C7H11BrN3O+. The smallest absolute Gasteiger partial charge is 0.286 e. The van der Waals surface area contributed by atoms with E-state index in [4.69, 9.17) is 5.73 Å². The van der Waals surface area contributed by atoms with E-state index in [1.165, 1.54) is 0 Å². The molecule has 0 unspecified atom stereocenters. The van der Waals surface area contributed by atoms with Gasteiger partial charge in [0.05, 0.1) is 6.20 Å². The van der Waals surface area contributed by atoms with Gasteiger partial charge in [-0.2, -0.15) is 5.10 Å². The van der Waals surface area contributed by atoms with Crippen LogP contribution in [0, 0.1) is 0 Å². The van der Waals surface area contributed by atoms with Crippen LogP contribution in [-0.4, -0.2) is 11.0 Å². The van der Waals surface area contributed by atoms with Gasteiger partial charge in [0.2, 0.25) is 0 Å². The number of rotatable bonds is 2. The number of aromatic nitrogens is 2. The predicted octanol–water partition coefficient (Wildman–Crippen LogP) is 0.745. The number of carbonyl (C=O) groups excluding carboxylic acids is 1. The van der Waals surface area contributed by atoms with Crippen LogP contribution in [0.15, 0.2) is 10.8 Å². The summed E-state index contributed by atoms with van der Waals surface area (Å²) < 4.78 is 2.52. The fourth-order valence-electron chi connectivity index (χ4n) is 0.929. The van der Waals surface area contributed by atoms with Gasteiger partial charge in [-0.05, 0) is 13.8 Å². The van der Waals surface area contributed by atoms with Gasteiger partial charge in [0.25, 0.3) is 10.5 Å². The van der Waals surface area contributed by atoms with Gasteiger partial charge in [-0.25, -0.2) is 0 Å². The molecule has 0 aliphatic heterocycles. The van der Waals surface area contributed by atoms with E-state index in [0.29, 0.717) is 10.2 Å². The van der Waals surface area contributed by atoms with Crippen molar-refractivity contribution in [2.45, 2.75) is 19.9 Å². The normalized spacial score (nSPS) is 10.7. The Morgan fingerprint density at radius 1 is 1.75 bits per heavy atom. The number of hydrogen-bond acceptors (Lipinski definition) is 1.